The fraction of sp³-hybridized carbons (Fsp3) is 0.571. The van der Waals surface area contributed by atoms with Gasteiger partial charge in [-0.3, -0.25) is 0 Å². The van der Waals surface area contributed by atoms with E-state index in [0.717, 1.165) is 12.3 Å². The summed E-state index contributed by atoms with van der Waals surface area (Å²) in [6.07, 6.45) is 2.53. The second kappa shape index (κ2) is 5.74. The maximum absolute atomic E-state index is 5.80. The van der Waals surface area contributed by atoms with Gasteiger partial charge in [-0.25, -0.2) is 0 Å². The van der Waals surface area contributed by atoms with E-state index in [1.807, 2.05) is 0 Å². The molecule has 96 valence electrons. The standard InChI is InChI=1S/C14H21NO.ClH/c1-14(2,3)16-12-8-6-11(7-9-12)13-5-4-10-15-13;/h6-9,13,15H,4-5,10H2,1-3H3;1H/t13-;/m1./s1. The molecule has 1 heterocycles. The Labute approximate surface area is 110 Å². The van der Waals surface area contributed by atoms with Crippen LogP contribution in [0.25, 0.3) is 0 Å². The third-order valence-corrected chi connectivity index (χ3v) is 2.77. The van der Waals surface area contributed by atoms with Crippen LogP contribution in [0, 0.1) is 0 Å². The van der Waals surface area contributed by atoms with E-state index in [1.54, 1.807) is 0 Å². The van der Waals surface area contributed by atoms with E-state index >= 15 is 0 Å². The lowest BCUT2D eigenvalue weighted by atomic mass is 10.1. The third kappa shape index (κ3) is 4.21. The van der Waals surface area contributed by atoms with Crippen molar-refractivity contribution in [1.29, 1.82) is 0 Å². The van der Waals surface area contributed by atoms with Crippen LogP contribution in [0.5, 0.6) is 5.75 Å². The van der Waals surface area contributed by atoms with Crippen LogP contribution in [-0.4, -0.2) is 12.1 Å². The molecule has 3 heteroatoms. The summed E-state index contributed by atoms with van der Waals surface area (Å²) in [6.45, 7) is 7.35. The van der Waals surface area contributed by atoms with Crippen LogP contribution >= 0.6 is 12.4 Å². The summed E-state index contributed by atoms with van der Waals surface area (Å²) < 4.78 is 5.80. The first-order valence-corrected chi connectivity index (χ1v) is 6.07. The van der Waals surface area contributed by atoms with Gasteiger partial charge in [0.15, 0.2) is 0 Å². The van der Waals surface area contributed by atoms with Crippen LogP contribution in [-0.2, 0) is 0 Å². The summed E-state index contributed by atoms with van der Waals surface area (Å²) in [7, 11) is 0. The first-order valence-electron chi connectivity index (χ1n) is 6.07. The van der Waals surface area contributed by atoms with Gasteiger partial charge in [0.25, 0.3) is 0 Å². The quantitative estimate of drug-likeness (QED) is 0.870. The predicted octanol–water partition coefficient (Wildman–Crippen LogP) is 3.71. The third-order valence-electron chi connectivity index (χ3n) is 2.77. The summed E-state index contributed by atoms with van der Waals surface area (Å²) in [5.41, 5.74) is 1.26. The summed E-state index contributed by atoms with van der Waals surface area (Å²) in [5.74, 6) is 0.953. The van der Waals surface area contributed by atoms with Crippen LogP contribution < -0.4 is 10.1 Å². The lowest BCUT2D eigenvalue weighted by Crippen LogP contribution is -2.23. The summed E-state index contributed by atoms with van der Waals surface area (Å²) in [4.78, 5) is 0. The van der Waals surface area contributed by atoms with E-state index in [1.165, 1.54) is 18.4 Å². The second-order valence-corrected chi connectivity index (χ2v) is 5.43. The van der Waals surface area contributed by atoms with Crippen molar-refractivity contribution in [3.05, 3.63) is 29.8 Å². The number of ether oxygens (including phenoxy) is 1. The second-order valence-electron chi connectivity index (χ2n) is 5.43. The smallest absolute Gasteiger partial charge is 0.120 e. The highest BCUT2D eigenvalue weighted by molar-refractivity contribution is 5.85. The van der Waals surface area contributed by atoms with Gasteiger partial charge in [-0.15, -0.1) is 12.4 Å². The zero-order valence-corrected chi connectivity index (χ0v) is 11.6. The maximum atomic E-state index is 5.80. The fourth-order valence-electron chi connectivity index (χ4n) is 2.09. The van der Waals surface area contributed by atoms with Crippen LogP contribution in [0.3, 0.4) is 0 Å². The molecule has 0 aliphatic carbocycles. The molecule has 2 rings (SSSR count). The molecule has 0 aromatic heterocycles. The molecule has 1 atom stereocenters. The van der Waals surface area contributed by atoms with Gasteiger partial charge in [-0.05, 0) is 57.9 Å². The van der Waals surface area contributed by atoms with E-state index in [4.69, 9.17) is 4.74 Å². The molecule has 0 spiro atoms. The van der Waals surface area contributed by atoms with Gasteiger partial charge in [0, 0.05) is 6.04 Å². The Morgan fingerprint density at radius 2 is 1.82 bits per heavy atom. The Kier molecular flexibility index (Phi) is 4.84. The molecule has 0 radical (unpaired) electrons. The molecule has 1 aromatic carbocycles. The SMILES string of the molecule is CC(C)(C)Oc1ccc([C@H]2CCCN2)cc1.Cl. The molecule has 0 unspecified atom stereocenters. The summed E-state index contributed by atoms with van der Waals surface area (Å²) >= 11 is 0. The molecular weight excluding hydrogens is 234 g/mol. The zero-order valence-electron chi connectivity index (χ0n) is 10.8. The number of rotatable bonds is 2. The van der Waals surface area contributed by atoms with Crippen LogP contribution in [0.2, 0.25) is 0 Å². The lowest BCUT2D eigenvalue weighted by molar-refractivity contribution is 0.131. The normalized spacial score (nSPS) is 19.8. The predicted molar refractivity (Wildman–Crippen MR) is 74.0 cm³/mol. The summed E-state index contributed by atoms with van der Waals surface area (Å²) in [5, 5.41) is 3.50. The molecule has 0 saturated carbocycles. The Morgan fingerprint density at radius 1 is 1.18 bits per heavy atom. The van der Waals surface area contributed by atoms with Crippen molar-refractivity contribution in [2.45, 2.75) is 45.3 Å². The van der Waals surface area contributed by atoms with Gasteiger partial charge in [0.2, 0.25) is 0 Å². The molecule has 1 fully saturated rings. The average molecular weight is 256 g/mol. The number of halogens is 1. The van der Waals surface area contributed by atoms with E-state index in [9.17, 15) is 0 Å². The molecule has 17 heavy (non-hydrogen) atoms. The van der Waals surface area contributed by atoms with Crippen LogP contribution in [0.1, 0.15) is 45.2 Å². The van der Waals surface area contributed by atoms with Crippen molar-refractivity contribution in [3.63, 3.8) is 0 Å². The molecule has 2 nitrogen and oxygen atoms in total. The maximum Gasteiger partial charge on any atom is 0.120 e. The minimum absolute atomic E-state index is 0. The van der Waals surface area contributed by atoms with Crippen molar-refractivity contribution in [2.24, 2.45) is 0 Å². The van der Waals surface area contributed by atoms with Crippen molar-refractivity contribution in [2.75, 3.05) is 6.54 Å². The average Bonchev–Trinajstić information content (AvgIpc) is 2.69. The molecule has 1 aliphatic rings. The van der Waals surface area contributed by atoms with Crippen molar-refractivity contribution < 1.29 is 4.74 Å². The lowest BCUT2D eigenvalue weighted by Gasteiger charge is -2.21. The van der Waals surface area contributed by atoms with Crippen molar-refractivity contribution >= 4 is 12.4 Å². The van der Waals surface area contributed by atoms with Crippen molar-refractivity contribution in [1.82, 2.24) is 5.32 Å². The number of hydrogen-bond donors (Lipinski definition) is 1. The van der Waals surface area contributed by atoms with E-state index in [2.05, 4.69) is 50.4 Å². The van der Waals surface area contributed by atoms with E-state index < -0.39 is 0 Å². The molecular formula is C14H22ClNO. The van der Waals surface area contributed by atoms with Crippen molar-refractivity contribution in [3.8, 4) is 5.75 Å². The highest BCUT2D eigenvalue weighted by Gasteiger charge is 2.16. The Balaban J connectivity index is 0.00000144. The van der Waals surface area contributed by atoms with Gasteiger partial charge < -0.3 is 10.1 Å². The highest BCUT2D eigenvalue weighted by Crippen LogP contribution is 2.25. The fourth-order valence-corrected chi connectivity index (χ4v) is 2.09. The zero-order chi connectivity index (χ0) is 11.6. The Hall–Kier alpha value is -0.730. The Bertz CT molecular complexity index is 336. The van der Waals surface area contributed by atoms with Gasteiger partial charge in [-0.2, -0.15) is 0 Å². The molecule has 1 N–H and O–H groups in total. The molecule has 1 aromatic rings. The number of benzene rings is 1. The minimum Gasteiger partial charge on any atom is -0.488 e. The van der Waals surface area contributed by atoms with Crippen LogP contribution in [0.15, 0.2) is 24.3 Å². The topological polar surface area (TPSA) is 21.3 Å². The van der Waals surface area contributed by atoms with Gasteiger partial charge in [0.1, 0.15) is 11.4 Å². The first-order chi connectivity index (χ1) is 7.54. The van der Waals surface area contributed by atoms with E-state index in [-0.39, 0.29) is 18.0 Å². The molecule has 0 amide bonds. The van der Waals surface area contributed by atoms with Crippen LogP contribution in [0.4, 0.5) is 0 Å². The molecule has 1 aliphatic heterocycles. The summed E-state index contributed by atoms with van der Waals surface area (Å²) in [6, 6.07) is 9.03. The number of nitrogens with one attached hydrogen (secondary N) is 1. The Morgan fingerprint density at radius 3 is 2.29 bits per heavy atom. The number of hydrogen-bond acceptors (Lipinski definition) is 2. The van der Waals surface area contributed by atoms with Gasteiger partial charge in [-0.1, -0.05) is 12.1 Å². The minimum atomic E-state index is -0.118. The highest BCUT2D eigenvalue weighted by atomic mass is 35.5. The van der Waals surface area contributed by atoms with Gasteiger partial charge in [0.05, 0.1) is 0 Å². The van der Waals surface area contributed by atoms with E-state index in [0.29, 0.717) is 6.04 Å². The monoisotopic (exact) mass is 255 g/mol. The largest absolute Gasteiger partial charge is 0.488 e. The molecule has 0 bridgehead atoms. The van der Waals surface area contributed by atoms with Gasteiger partial charge >= 0.3 is 0 Å². The first kappa shape index (κ1) is 14.3. The molecule has 1 saturated heterocycles.